The molecule has 2 aromatic heterocycles. The van der Waals surface area contributed by atoms with Crippen molar-refractivity contribution in [3.05, 3.63) is 55.0 Å². The van der Waals surface area contributed by atoms with Gasteiger partial charge in [0, 0.05) is 63.1 Å². The number of fused-ring (bicyclic) bond motifs is 1. The monoisotopic (exact) mass is 476 g/mol. The smallest absolute Gasteiger partial charge is 0.245 e. The molecule has 2 N–H and O–H groups in total. The molecule has 1 aromatic carbocycles. The second-order valence-electron chi connectivity index (χ2n) is 9.09. The second-order valence-corrected chi connectivity index (χ2v) is 9.09. The molecule has 2 aliphatic rings. The number of imidazole rings is 1. The molecule has 0 aliphatic carbocycles. The summed E-state index contributed by atoms with van der Waals surface area (Å²) in [4.78, 5) is 27.5. The maximum absolute atomic E-state index is 12.1. The first-order valence-corrected chi connectivity index (χ1v) is 12.2. The Hall–Kier alpha value is -3.50. The van der Waals surface area contributed by atoms with Gasteiger partial charge in [-0.05, 0) is 43.2 Å². The van der Waals surface area contributed by atoms with Gasteiger partial charge in [-0.3, -0.25) is 9.69 Å². The number of piperazine rings is 1. The van der Waals surface area contributed by atoms with Crippen molar-refractivity contribution >= 4 is 28.9 Å². The first-order chi connectivity index (χ1) is 17.1. The lowest BCUT2D eigenvalue weighted by molar-refractivity contribution is -0.127. The van der Waals surface area contributed by atoms with Gasteiger partial charge >= 0.3 is 0 Å². The molecule has 2 aliphatic heterocycles. The molecular formula is C25H32N8O2. The predicted molar refractivity (Wildman–Crippen MR) is 135 cm³/mol. The van der Waals surface area contributed by atoms with Crippen LogP contribution in [0.4, 0.5) is 17.3 Å². The molecule has 5 rings (SSSR count). The van der Waals surface area contributed by atoms with Gasteiger partial charge in [0.2, 0.25) is 11.9 Å². The van der Waals surface area contributed by atoms with Gasteiger partial charge in [-0.25, -0.2) is 14.5 Å². The van der Waals surface area contributed by atoms with Crippen molar-refractivity contribution in [3.63, 3.8) is 0 Å². The van der Waals surface area contributed by atoms with Crippen LogP contribution in [0, 0.1) is 0 Å². The standard InChI is InChI=1S/C25H32N8O2/c1-2-24(35)32-9-3-4-19(18-32)22-16-26-23-17-27-25(29-33(22)23)28-20-5-7-21(8-6-20)31-12-10-30(11-13-31)14-15-34/h2,5-8,16-17,19,34H,1,3-4,9-15,18H2,(H,28,29). The van der Waals surface area contributed by atoms with E-state index in [1.54, 1.807) is 6.20 Å². The summed E-state index contributed by atoms with van der Waals surface area (Å²) in [5, 5.41) is 17.1. The number of hydrogen-bond donors (Lipinski definition) is 2. The molecule has 0 spiro atoms. The largest absolute Gasteiger partial charge is 0.395 e. The van der Waals surface area contributed by atoms with E-state index in [0.29, 0.717) is 18.1 Å². The van der Waals surface area contributed by atoms with Gasteiger partial charge in [-0.15, -0.1) is 5.10 Å². The highest BCUT2D eigenvalue weighted by Crippen LogP contribution is 2.28. The lowest BCUT2D eigenvalue weighted by atomic mass is 9.95. The minimum absolute atomic E-state index is 0.0315. The zero-order chi connectivity index (χ0) is 24.2. The van der Waals surface area contributed by atoms with Crippen LogP contribution in [0.3, 0.4) is 0 Å². The molecule has 10 heteroatoms. The van der Waals surface area contributed by atoms with E-state index in [4.69, 9.17) is 10.2 Å². The summed E-state index contributed by atoms with van der Waals surface area (Å²) in [6, 6.07) is 8.30. The first-order valence-electron chi connectivity index (χ1n) is 12.2. The molecule has 0 radical (unpaired) electrons. The van der Waals surface area contributed by atoms with Crippen molar-refractivity contribution in [2.75, 3.05) is 62.6 Å². The van der Waals surface area contributed by atoms with Crippen molar-refractivity contribution in [1.82, 2.24) is 29.4 Å². The normalized spacial score (nSPS) is 19.2. The van der Waals surface area contributed by atoms with E-state index in [9.17, 15) is 4.79 Å². The highest BCUT2D eigenvalue weighted by molar-refractivity contribution is 5.87. The highest BCUT2D eigenvalue weighted by Gasteiger charge is 2.26. The summed E-state index contributed by atoms with van der Waals surface area (Å²) >= 11 is 0. The van der Waals surface area contributed by atoms with E-state index in [1.165, 1.54) is 11.8 Å². The number of aliphatic hydroxyl groups excluding tert-OH is 1. The number of piperidine rings is 1. The molecule has 2 saturated heterocycles. The topological polar surface area (TPSA) is 102 Å². The van der Waals surface area contributed by atoms with Crippen molar-refractivity contribution < 1.29 is 9.90 Å². The molecule has 35 heavy (non-hydrogen) atoms. The maximum Gasteiger partial charge on any atom is 0.245 e. The predicted octanol–water partition coefficient (Wildman–Crippen LogP) is 1.87. The van der Waals surface area contributed by atoms with Crippen molar-refractivity contribution in [2.24, 2.45) is 0 Å². The first kappa shape index (κ1) is 23.3. The Bertz CT molecular complexity index is 1170. The third kappa shape index (κ3) is 5.13. The number of β-amino-alcohol motifs (C(OH)–C–C–N with tert-alkyl or cyclic N) is 1. The zero-order valence-corrected chi connectivity index (χ0v) is 19.9. The number of aromatic nitrogens is 4. The van der Waals surface area contributed by atoms with Gasteiger partial charge in [-0.1, -0.05) is 6.58 Å². The summed E-state index contributed by atoms with van der Waals surface area (Å²) in [5.41, 5.74) is 3.77. The molecule has 0 bridgehead atoms. The van der Waals surface area contributed by atoms with E-state index in [-0.39, 0.29) is 18.4 Å². The number of nitrogens with one attached hydrogen (secondary N) is 1. The summed E-state index contributed by atoms with van der Waals surface area (Å²) in [6.07, 6.45) is 6.86. The molecular weight excluding hydrogens is 444 g/mol. The van der Waals surface area contributed by atoms with Crippen LogP contribution in [0.2, 0.25) is 0 Å². The van der Waals surface area contributed by atoms with Crippen LogP contribution in [0.25, 0.3) is 5.65 Å². The van der Waals surface area contributed by atoms with Crippen LogP contribution in [0.1, 0.15) is 24.5 Å². The van der Waals surface area contributed by atoms with Crippen LogP contribution in [-0.2, 0) is 4.79 Å². The van der Waals surface area contributed by atoms with Gasteiger partial charge in [0.05, 0.1) is 24.7 Å². The minimum atomic E-state index is -0.0315. The number of amides is 1. The van der Waals surface area contributed by atoms with Crippen molar-refractivity contribution in [2.45, 2.75) is 18.8 Å². The van der Waals surface area contributed by atoms with Crippen LogP contribution < -0.4 is 10.2 Å². The number of carbonyl (C=O) groups is 1. The summed E-state index contributed by atoms with van der Waals surface area (Å²) in [6.45, 7) is 9.79. The van der Waals surface area contributed by atoms with Gasteiger partial charge in [-0.2, -0.15) is 0 Å². The zero-order valence-electron chi connectivity index (χ0n) is 19.9. The molecule has 10 nitrogen and oxygen atoms in total. The van der Waals surface area contributed by atoms with Crippen molar-refractivity contribution in [1.29, 1.82) is 0 Å². The van der Waals surface area contributed by atoms with E-state index < -0.39 is 0 Å². The van der Waals surface area contributed by atoms with Crippen LogP contribution in [-0.4, -0.2) is 92.8 Å². The lowest BCUT2D eigenvalue weighted by Crippen LogP contribution is -2.47. The molecule has 1 unspecified atom stereocenters. The van der Waals surface area contributed by atoms with Crippen molar-refractivity contribution in [3.8, 4) is 0 Å². The number of anilines is 3. The Kier molecular flexibility index (Phi) is 6.91. The number of hydrogen-bond acceptors (Lipinski definition) is 8. The molecule has 1 atom stereocenters. The number of carbonyl (C=O) groups excluding carboxylic acids is 1. The van der Waals surface area contributed by atoms with Crippen LogP contribution >= 0.6 is 0 Å². The fraction of sp³-hybridized carbons (Fsp3) is 0.440. The van der Waals surface area contributed by atoms with Crippen LogP contribution in [0.15, 0.2) is 49.3 Å². The fourth-order valence-electron chi connectivity index (χ4n) is 4.95. The highest BCUT2D eigenvalue weighted by atomic mass is 16.3. The molecule has 4 heterocycles. The average molecular weight is 477 g/mol. The van der Waals surface area contributed by atoms with E-state index in [2.05, 4.69) is 43.8 Å². The third-order valence-electron chi connectivity index (χ3n) is 6.89. The second kappa shape index (κ2) is 10.4. The van der Waals surface area contributed by atoms with E-state index >= 15 is 0 Å². The molecule has 1 amide bonds. The van der Waals surface area contributed by atoms with Crippen LogP contribution in [0.5, 0.6) is 0 Å². The lowest BCUT2D eigenvalue weighted by Gasteiger charge is -2.35. The Morgan fingerprint density at radius 1 is 1.11 bits per heavy atom. The molecule has 3 aromatic rings. The Balaban J connectivity index is 1.27. The number of likely N-dealkylation sites (tertiary alicyclic amines) is 1. The Labute approximate surface area is 204 Å². The van der Waals surface area contributed by atoms with Gasteiger partial charge < -0.3 is 20.2 Å². The number of aliphatic hydroxyl groups is 1. The maximum atomic E-state index is 12.1. The molecule has 0 saturated carbocycles. The summed E-state index contributed by atoms with van der Waals surface area (Å²) in [7, 11) is 0. The molecule has 2 fully saturated rings. The summed E-state index contributed by atoms with van der Waals surface area (Å²) in [5.74, 6) is 0.635. The fourth-order valence-corrected chi connectivity index (χ4v) is 4.95. The Morgan fingerprint density at radius 2 is 1.91 bits per heavy atom. The molecule has 184 valence electrons. The third-order valence-corrected chi connectivity index (χ3v) is 6.89. The minimum Gasteiger partial charge on any atom is -0.395 e. The quantitative estimate of drug-likeness (QED) is 0.499. The van der Waals surface area contributed by atoms with Gasteiger partial charge in [0.1, 0.15) is 0 Å². The average Bonchev–Trinajstić information content (AvgIpc) is 3.33. The number of rotatable bonds is 7. The number of benzene rings is 1. The van der Waals surface area contributed by atoms with Gasteiger partial charge in [0.15, 0.2) is 5.65 Å². The van der Waals surface area contributed by atoms with Gasteiger partial charge in [0.25, 0.3) is 0 Å². The number of nitrogens with zero attached hydrogens (tertiary/aromatic N) is 7. The van der Waals surface area contributed by atoms with E-state index in [1.807, 2.05) is 27.7 Å². The summed E-state index contributed by atoms with van der Waals surface area (Å²) < 4.78 is 1.84. The van der Waals surface area contributed by atoms with E-state index in [0.717, 1.165) is 63.5 Å². The Morgan fingerprint density at radius 3 is 2.66 bits per heavy atom. The SMILES string of the molecule is C=CC(=O)N1CCCC(c2cnc3cnc(Nc4ccc(N5CCN(CCO)CC5)cc4)nn23)C1.